The van der Waals surface area contributed by atoms with Crippen LogP contribution in [0.5, 0.6) is 0 Å². The van der Waals surface area contributed by atoms with Gasteiger partial charge in [0.05, 0.1) is 18.8 Å². The van der Waals surface area contributed by atoms with Crippen molar-refractivity contribution in [3.05, 3.63) is 60.1 Å². The molecule has 2 N–H and O–H groups in total. The fourth-order valence-electron chi connectivity index (χ4n) is 2.59. The summed E-state index contributed by atoms with van der Waals surface area (Å²) in [5.41, 5.74) is 0.1000. The van der Waals surface area contributed by atoms with Gasteiger partial charge < -0.3 is 15.1 Å². The number of amides is 2. The van der Waals surface area contributed by atoms with Crippen LogP contribution in [0.3, 0.4) is 0 Å². The van der Waals surface area contributed by atoms with Gasteiger partial charge in [0.15, 0.2) is 0 Å². The second kappa shape index (κ2) is 6.28. The maximum absolute atomic E-state index is 12.5. The Morgan fingerprint density at radius 3 is 2.48 bits per heavy atom. The lowest BCUT2D eigenvalue weighted by Gasteiger charge is -2.19. The lowest BCUT2D eigenvalue weighted by Crippen LogP contribution is -2.43. The van der Waals surface area contributed by atoms with Gasteiger partial charge in [-0.05, 0) is 37.5 Å². The van der Waals surface area contributed by atoms with E-state index in [9.17, 15) is 9.59 Å². The highest BCUT2D eigenvalue weighted by Gasteiger charge is 2.56. The Balaban J connectivity index is 1.58. The van der Waals surface area contributed by atoms with Crippen LogP contribution in [0.25, 0.3) is 0 Å². The molecule has 0 spiro atoms. The van der Waals surface area contributed by atoms with Crippen molar-refractivity contribution >= 4 is 11.8 Å². The molecule has 1 fully saturated rings. The molecule has 5 heteroatoms. The minimum Gasteiger partial charge on any atom is -0.467 e. The van der Waals surface area contributed by atoms with E-state index in [1.165, 1.54) is 0 Å². The number of furan rings is 1. The molecule has 2 amide bonds. The predicted octanol–water partition coefficient (Wildman–Crippen LogP) is 2.55. The number of carbonyl (C=O) groups is 2. The third-order valence-electron chi connectivity index (χ3n) is 4.27. The summed E-state index contributed by atoms with van der Waals surface area (Å²) in [5, 5.41) is 5.74. The van der Waals surface area contributed by atoms with Crippen LogP contribution in [-0.4, -0.2) is 11.8 Å². The van der Waals surface area contributed by atoms with Crippen LogP contribution in [0, 0.1) is 5.41 Å². The molecule has 1 unspecified atom stereocenters. The number of benzene rings is 1. The highest BCUT2D eigenvalue weighted by molar-refractivity contribution is 6.07. The van der Waals surface area contributed by atoms with E-state index in [-0.39, 0.29) is 17.9 Å². The van der Waals surface area contributed by atoms with E-state index in [2.05, 4.69) is 10.6 Å². The summed E-state index contributed by atoms with van der Waals surface area (Å²) in [7, 11) is 0. The van der Waals surface area contributed by atoms with Crippen molar-refractivity contribution in [2.45, 2.75) is 32.4 Å². The maximum atomic E-state index is 12.5. The fraction of sp³-hybridized carbons (Fsp3) is 0.333. The van der Waals surface area contributed by atoms with E-state index in [0.717, 1.165) is 5.56 Å². The average molecular weight is 312 g/mol. The first-order chi connectivity index (χ1) is 11.1. The van der Waals surface area contributed by atoms with Gasteiger partial charge >= 0.3 is 0 Å². The minimum atomic E-state index is -0.921. The Morgan fingerprint density at radius 1 is 1.13 bits per heavy atom. The second-order valence-corrected chi connectivity index (χ2v) is 5.95. The van der Waals surface area contributed by atoms with Crippen molar-refractivity contribution in [2.24, 2.45) is 5.41 Å². The zero-order valence-corrected chi connectivity index (χ0v) is 13.0. The van der Waals surface area contributed by atoms with E-state index in [1.807, 2.05) is 37.3 Å². The summed E-state index contributed by atoms with van der Waals surface area (Å²) in [6.45, 7) is 2.22. The SMILES string of the molecule is CC(NC(=O)C1(C(=O)NCc2ccco2)CC1)c1ccccc1. The van der Waals surface area contributed by atoms with Gasteiger partial charge in [0.25, 0.3) is 0 Å². The molecule has 1 aromatic heterocycles. The monoisotopic (exact) mass is 312 g/mol. The Hall–Kier alpha value is -2.56. The van der Waals surface area contributed by atoms with E-state index in [0.29, 0.717) is 25.1 Å². The normalized spacial score (nSPS) is 16.4. The topological polar surface area (TPSA) is 71.3 Å². The summed E-state index contributed by atoms with van der Waals surface area (Å²) in [4.78, 5) is 24.9. The molecule has 1 heterocycles. The van der Waals surface area contributed by atoms with Crippen LogP contribution >= 0.6 is 0 Å². The Morgan fingerprint density at radius 2 is 1.87 bits per heavy atom. The van der Waals surface area contributed by atoms with Gasteiger partial charge in [0.2, 0.25) is 11.8 Å². The van der Waals surface area contributed by atoms with E-state index < -0.39 is 5.41 Å². The Labute approximate surface area is 135 Å². The molecular formula is C18H20N2O3. The van der Waals surface area contributed by atoms with Crippen molar-refractivity contribution in [1.29, 1.82) is 0 Å². The fourth-order valence-corrected chi connectivity index (χ4v) is 2.59. The standard InChI is InChI=1S/C18H20N2O3/c1-13(14-6-3-2-4-7-14)20-17(22)18(9-10-18)16(21)19-12-15-8-5-11-23-15/h2-8,11,13H,9-10,12H2,1H3,(H,19,21)(H,20,22). The molecule has 0 saturated heterocycles. The van der Waals surface area contributed by atoms with Crippen LogP contribution in [0.15, 0.2) is 53.1 Å². The zero-order chi connectivity index (χ0) is 16.3. The van der Waals surface area contributed by atoms with Gasteiger partial charge in [-0.15, -0.1) is 0 Å². The summed E-state index contributed by atoms with van der Waals surface area (Å²) < 4.78 is 5.18. The quantitative estimate of drug-likeness (QED) is 0.805. The zero-order valence-electron chi connectivity index (χ0n) is 13.0. The molecule has 0 bridgehead atoms. The molecule has 0 radical (unpaired) electrons. The van der Waals surface area contributed by atoms with Gasteiger partial charge in [-0.3, -0.25) is 9.59 Å². The first-order valence-electron chi connectivity index (χ1n) is 7.78. The molecule has 2 aromatic rings. The van der Waals surface area contributed by atoms with Crippen molar-refractivity contribution < 1.29 is 14.0 Å². The molecule has 1 atom stereocenters. The van der Waals surface area contributed by atoms with Crippen LogP contribution in [-0.2, 0) is 16.1 Å². The number of rotatable bonds is 6. The molecule has 23 heavy (non-hydrogen) atoms. The Kier molecular flexibility index (Phi) is 4.19. The smallest absolute Gasteiger partial charge is 0.236 e. The highest BCUT2D eigenvalue weighted by Crippen LogP contribution is 2.46. The van der Waals surface area contributed by atoms with Gasteiger partial charge in [-0.2, -0.15) is 0 Å². The highest BCUT2D eigenvalue weighted by atomic mass is 16.3. The number of hydrogen-bond acceptors (Lipinski definition) is 3. The summed E-state index contributed by atoms with van der Waals surface area (Å²) in [6.07, 6.45) is 2.73. The number of carbonyl (C=O) groups excluding carboxylic acids is 2. The van der Waals surface area contributed by atoms with E-state index in [4.69, 9.17) is 4.42 Å². The first kappa shape index (κ1) is 15.3. The molecule has 3 rings (SSSR count). The third kappa shape index (κ3) is 3.28. The molecule has 120 valence electrons. The molecule has 1 aliphatic carbocycles. The van der Waals surface area contributed by atoms with Crippen LogP contribution in [0.2, 0.25) is 0 Å². The van der Waals surface area contributed by atoms with Crippen molar-refractivity contribution in [3.8, 4) is 0 Å². The Bertz CT molecular complexity index is 676. The van der Waals surface area contributed by atoms with Crippen LogP contribution in [0.1, 0.15) is 37.1 Å². The lowest BCUT2D eigenvalue weighted by atomic mass is 10.0. The van der Waals surface area contributed by atoms with Gasteiger partial charge in [0.1, 0.15) is 11.2 Å². The summed E-state index contributed by atoms with van der Waals surface area (Å²) in [5.74, 6) is 0.240. The molecule has 1 saturated carbocycles. The summed E-state index contributed by atoms with van der Waals surface area (Å²) >= 11 is 0. The molecule has 0 aliphatic heterocycles. The van der Waals surface area contributed by atoms with Crippen LogP contribution < -0.4 is 10.6 Å². The van der Waals surface area contributed by atoms with Gasteiger partial charge in [0, 0.05) is 0 Å². The lowest BCUT2D eigenvalue weighted by molar-refractivity contribution is -0.137. The molecule has 5 nitrogen and oxygen atoms in total. The van der Waals surface area contributed by atoms with Crippen LogP contribution in [0.4, 0.5) is 0 Å². The minimum absolute atomic E-state index is 0.126. The van der Waals surface area contributed by atoms with Crippen molar-refractivity contribution in [2.75, 3.05) is 0 Å². The molecule has 1 aliphatic rings. The first-order valence-corrected chi connectivity index (χ1v) is 7.78. The third-order valence-corrected chi connectivity index (χ3v) is 4.27. The van der Waals surface area contributed by atoms with Gasteiger partial charge in [-0.25, -0.2) is 0 Å². The summed E-state index contributed by atoms with van der Waals surface area (Å²) in [6, 6.07) is 13.1. The van der Waals surface area contributed by atoms with Crippen molar-refractivity contribution in [3.63, 3.8) is 0 Å². The predicted molar refractivity (Wildman–Crippen MR) is 85.2 cm³/mol. The maximum Gasteiger partial charge on any atom is 0.236 e. The molecule has 1 aromatic carbocycles. The van der Waals surface area contributed by atoms with E-state index in [1.54, 1.807) is 18.4 Å². The van der Waals surface area contributed by atoms with E-state index >= 15 is 0 Å². The number of nitrogens with one attached hydrogen (secondary N) is 2. The number of hydrogen-bond donors (Lipinski definition) is 2. The largest absolute Gasteiger partial charge is 0.467 e. The molecular weight excluding hydrogens is 292 g/mol. The average Bonchev–Trinajstić information content (AvgIpc) is 3.23. The second-order valence-electron chi connectivity index (χ2n) is 5.95. The van der Waals surface area contributed by atoms with Gasteiger partial charge in [-0.1, -0.05) is 30.3 Å². The van der Waals surface area contributed by atoms with Crippen molar-refractivity contribution in [1.82, 2.24) is 10.6 Å².